The number of benzene rings is 6. The van der Waals surface area contributed by atoms with Crippen LogP contribution in [0.1, 0.15) is 18.7 Å². The first-order valence-corrected chi connectivity index (χ1v) is 18.8. The van der Waals surface area contributed by atoms with Gasteiger partial charge in [0, 0.05) is 33.5 Å². The summed E-state index contributed by atoms with van der Waals surface area (Å²) in [6.45, 7) is 0. The van der Waals surface area contributed by atoms with Crippen molar-refractivity contribution in [2.45, 2.75) is 12.8 Å². The van der Waals surface area contributed by atoms with Gasteiger partial charge >= 0.3 is 0 Å². The zero-order valence-electron chi connectivity index (χ0n) is 27.5. The average molecular weight is 691 g/mol. The molecule has 6 heteroatoms. The number of hydrogen-bond donors (Lipinski definition) is 0. The summed E-state index contributed by atoms with van der Waals surface area (Å²) >= 11 is 3.46. The highest BCUT2D eigenvalue weighted by Gasteiger charge is 2.23. The third-order valence-corrected chi connectivity index (χ3v) is 11.7. The first kappa shape index (κ1) is 29.9. The highest BCUT2D eigenvalue weighted by molar-refractivity contribution is 7.22. The normalized spacial score (nSPS) is 13.0. The van der Waals surface area contributed by atoms with Crippen molar-refractivity contribution in [3.63, 3.8) is 0 Å². The molecule has 0 aliphatic heterocycles. The SMILES string of the molecule is C1=CC(c2nc3c(-c4cccc(-c5nc6ccccc6s5)c4)ccc(-c4cccc(-c5nc6ccccc6s5)c4)c3n2-c2ccccc2)=CCC1. The van der Waals surface area contributed by atoms with Crippen LogP contribution in [0, 0.1) is 0 Å². The molecule has 51 heavy (non-hydrogen) atoms. The minimum absolute atomic E-state index is 0.950. The molecule has 0 N–H and O–H groups in total. The lowest BCUT2D eigenvalue weighted by Gasteiger charge is -2.15. The molecule has 1 aliphatic rings. The second-order valence-corrected chi connectivity index (χ2v) is 14.8. The summed E-state index contributed by atoms with van der Waals surface area (Å²) in [5.41, 5.74) is 13.0. The van der Waals surface area contributed by atoms with E-state index in [2.05, 4.69) is 156 Å². The molecule has 3 heterocycles. The van der Waals surface area contributed by atoms with Crippen molar-refractivity contribution in [2.75, 3.05) is 0 Å². The predicted molar refractivity (Wildman–Crippen MR) is 216 cm³/mol. The molecule has 9 aromatic rings. The van der Waals surface area contributed by atoms with Crippen molar-refractivity contribution < 1.29 is 0 Å². The fourth-order valence-corrected chi connectivity index (χ4v) is 9.00. The van der Waals surface area contributed by atoms with Crippen molar-refractivity contribution >= 4 is 59.7 Å². The number of rotatable bonds is 6. The van der Waals surface area contributed by atoms with Crippen LogP contribution < -0.4 is 0 Å². The van der Waals surface area contributed by atoms with Gasteiger partial charge in [0.25, 0.3) is 0 Å². The zero-order valence-corrected chi connectivity index (χ0v) is 29.2. The maximum absolute atomic E-state index is 5.54. The average Bonchev–Trinajstić information content (AvgIpc) is 3.94. The quantitative estimate of drug-likeness (QED) is 0.174. The summed E-state index contributed by atoms with van der Waals surface area (Å²) < 4.78 is 4.74. The van der Waals surface area contributed by atoms with Gasteiger partial charge < -0.3 is 0 Å². The molecule has 242 valence electrons. The van der Waals surface area contributed by atoms with E-state index in [0.717, 1.165) is 95.4 Å². The molecular weight excluding hydrogens is 661 g/mol. The molecule has 0 radical (unpaired) electrons. The number of hydrogen-bond acceptors (Lipinski definition) is 5. The van der Waals surface area contributed by atoms with E-state index in [1.54, 1.807) is 22.7 Å². The van der Waals surface area contributed by atoms with Gasteiger partial charge in [-0.15, -0.1) is 22.7 Å². The Morgan fingerprint density at radius 3 is 1.73 bits per heavy atom. The lowest BCUT2D eigenvalue weighted by molar-refractivity contribution is 1.01. The molecule has 0 atom stereocenters. The first-order chi connectivity index (χ1) is 25.3. The fraction of sp³-hybridized carbons (Fsp3) is 0.0444. The van der Waals surface area contributed by atoms with Crippen LogP contribution in [0.3, 0.4) is 0 Å². The van der Waals surface area contributed by atoms with Gasteiger partial charge in [-0.25, -0.2) is 15.0 Å². The second kappa shape index (κ2) is 12.4. The third kappa shape index (κ3) is 5.32. The summed E-state index contributed by atoms with van der Waals surface area (Å²) in [6, 6.07) is 49.4. The Morgan fingerprint density at radius 1 is 0.510 bits per heavy atom. The molecule has 3 aromatic heterocycles. The largest absolute Gasteiger partial charge is 0.292 e. The van der Waals surface area contributed by atoms with E-state index in [4.69, 9.17) is 15.0 Å². The number of allylic oxidation sites excluding steroid dienone is 4. The van der Waals surface area contributed by atoms with E-state index < -0.39 is 0 Å². The molecular formula is C45H30N4S2. The number of imidazole rings is 1. The summed E-state index contributed by atoms with van der Waals surface area (Å²) in [5.74, 6) is 0.950. The van der Waals surface area contributed by atoms with Crippen molar-refractivity contribution in [3.8, 4) is 49.1 Å². The standard InChI is InChI=1S/C45H30N4S2/c1-3-13-29(14-4-1)43-48-41-35(30-15-11-17-32(27-30)44-46-37-21-7-9-23-39(37)50-44)25-26-36(42(41)49(43)34-19-5-2-6-20-34)31-16-12-18-33(28-31)45-47-38-22-8-10-24-40(38)51-45/h2-3,5-28H,1,4H2. The van der Waals surface area contributed by atoms with Gasteiger partial charge in [0.15, 0.2) is 0 Å². The van der Waals surface area contributed by atoms with Gasteiger partial charge in [-0.2, -0.15) is 0 Å². The number of aromatic nitrogens is 4. The van der Waals surface area contributed by atoms with Gasteiger partial charge in [-0.1, -0.05) is 109 Å². The van der Waals surface area contributed by atoms with E-state index in [1.807, 2.05) is 6.07 Å². The molecule has 6 aromatic carbocycles. The van der Waals surface area contributed by atoms with Crippen molar-refractivity contribution in [3.05, 3.63) is 164 Å². The van der Waals surface area contributed by atoms with Gasteiger partial charge in [-0.05, 0) is 72.5 Å². The molecule has 0 spiro atoms. The Hall–Kier alpha value is -5.95. The topological polar surface area (TPSA) is 43.6 Å². The Kier molecular flexibility index (Phi) is 7.29. The van der Waals surface area contributed by atoms with E-state index in [9.17, 15) is 0 Å². The van der Waals surface area contributed by atoms with Crippen LogP contribution in [-0.2, 0) is 0 Å². The maximum Gasteiger partial charge on any atom is 0.145 e. The predicted octanol–water partition coefficient (Wildman–Crippen LogP) is 12.6. The summed E-state index contributed by atoms with van der Waals surface area (Å²) in [6.07, 6.45) is 8.85. The number of nitrogens with zero attached hydrogens (tertiary/aromatic N) is 4. The van der Waals surface area contributed by atoms with Crippen LogP contribution >= 0.6 is 22.7 Å². The van der Waals surface area contributed by atoms with Crippen LogP contribution in [0.15, 0.2) is 158 Å². The molecule has 0 unspecified atom stereocenters. The van der Waals surface area contributed by atoms with E-state index in [-0.39, 0.29) is 0 Å². The van der Waals surface area contributed by atoms with E-state index >= 15 is 0 Å². The Bertz CT molecular complexity index is 2750. The van der Waals surface area contributed by atoms with Crippen molar-refractivity contribution in [1.82, 2.24) is 19.5 Å². The fourth-order valence-electron chi connectivity index (χ4n) is 7.08. The highest BCUT2D eigenvalue weighted by atomic mass is 32.1. The van der Waals surface area contributed by atoms with Crippen molar-refractivity contribution in [2.24, 2.45) is 0 Å². The van der Waals surface area contributed by atoms with Gasteiger partial charge in [-0.3, -0.25) is 4.57 Å². The third-order valence-electron chi connectivity index (χ3n) is 9.50. The summed E-state index contributed by atoms with van der Waals surface area (Å²) in [5, 5.41) is 2.04. The second-order valence-electron chi connectivity index (χ2n) is 12.7. The minimum Gasteiger partial charge on any atom is -0.292 e. The van der Waals surface area contributed by atoms with Gasteiger partial charge in [0.05, 0.1) is 31.5 Å². The van der Waals surface area contributed by atoms with Crippen LogP contribution in [-0.4, -0.2) is 19.5 Å². The zero-order chi connectivity index (χ0) is 33.7. The van der Waals surface area contributed by atoms with E-state index in [1.165, 1.54) is 9.40 Å². The maximum atomic E-state index is 5.54. The first-order valence-electron chi connectivity index (χ1n) is 17.2. The van der Waals surface area contributed by atoms with Gasteiger partial charge in [0.1, 0.15) is 15.8 Å². The summed E-state index contributed by atoms with van der Waals surface area (Å²) in [4.78, 5) is 15.5. The van der Waals surface area contributed by atoms with Crippen LogP contribution in [0.4, 0.5) is 0 Å². The lowest BCUT2D eigenvalue weighted by atomic mass is 9.96. The van der Waals surface area contributed by atoms with Gasteiger partial charge in [0.2, 0.25) is 0 Å². The molecule has 0 bridgehead atoms. The molecule has 0 fully saturated rings. The van der Waals surface area contributed by atoms with Crippen LogP contribution in [0.25, 0.3) is 86.1 Å². The molecule has 0 saturated carbocycles. The highest BCUT2D eigenvalue weighted by Crippen LogP contribution is 2.42. The lowest BCUT2D eigenvalue weighted by Crippen LogP contribution is -2.02. The number of thiazole rings is 2. The molecule has 1 aliphatic carbocycles. The Labute approximate surface area is 303 Å². The van der Waals surface area contributed by atoms with Crippen LogP contribution in [0.2, 0.25) is 0 Å². The molecule has 0 amide bonds. The Morgan fingerprint density at radius 2 is 1.10 bits per heavy atom. The summed E-state index contributed by atoms with van der Waals surface area (Å²) in [7, 11) is 0. The number of fused-ring (bicyclic) bond motifs is 3. The van der Waals surface area contributed by atoms with E-state index in [0.29, 0.717) is 0 Å². The minimum atomic E-state index is 0.950. The number of para-hydroxylation sites is 3. The molecule has 0 saturated heterocycles. The monoisotopic (exact) mass is 690 g/mol. The smallest absolute Gasteiger partial charge is 0.145 e. The van der Waals surface area contributed by atoms with Crippen molar-refractivity contribution in [1.29, 1.82) is 0 Å². The van der Waals surface area contributed by atoms with Crippen LogP contribution in [0.5, 0.6) is 0 Å². The molecule has 10 rings (SSSR count). The Balaban J connectivity index is 1.21. The molecule has 4 nitrogen and oxygen atoms in total.